The topological polar surface area (TPSA) is 56.7 Å². The van der Waals surface area contributed by atoms with Crippen LogP contribution in [0.5, 0.6) is 0 Å². The molecule has 15 heavy (non-hydrogen) atoms. The van der Waals surface area contributed by atoms with E-state index in [1.807, 2.05) is 29.0 Å². The molecule has 0 amide bonds. The van der Waals surface area contributed by atoms with Crippen molar-refractivity contribution in [2.75, 3.05) is 12.0 Å². The van der Waals surface area contributed by atoms with Crippen LogP contribution >= 0.6 is 11.8 Å². The molecule has 0 aliphatic heterocycles. The van der Waals surface area contributed by atoms with Gasteiger partial charge in [-0.25, -0.2) is 0 Å². The van der Waals surface area contributed by atoms with Gasteiger partial charge in [0.05, 0.1) is 6.54 Å². The van der Waals surface area contributed by atoms with Crippen molar-refractivity contribution in [2.24, 2.45) is 0 Å². The van der Waals surface area contributed by atoms with Gasteiger partial charge in [-0.3, -0.25) is 4.57 Å². The molecule has 0 radical (unpaired) electrons. The lowest BCUT2D eigenvalue weighted by atomic mass is 10.2. The van der Waals surface area contributed by atoms with Crippen molar-refractivity contribution in [3.8, 4) is 0 Å². The first-order chi connectivity index (χ1) is 7.31. The zero-order valence-corrected chi connectivity index (χ0v) is 9.24. The van der Waals surface area contributed by atoms with Crippen LogP contribution in [0.15, 0.2) is 35.5 Å². The van der Waals surface area contributed by atoms with Crippen LogP contribution in [0, 0.1) is 0 Å². The fourth-order valence-electron chi connectivity index (χ4n) is 1.37. The summed E-state index contributed by atoms with van der Waals surface area (Å²) in [5.74, 6) is 0.461. The Kier molecular flexibility index (Phi) is 2.91. The Labute approximate surface area is 92.5 Å². The van der Waals surface area contributed by atoms with Gasteiger partial charge in [0.2, 0.25) is 5.95 Å². The van der Waals surface area contributed by atoms with Crippen LogP contribution in [-0.2, 0) is 6.54 Å². The predicted molar refractivity (Wildman–Crippen MR) is 61.8 cm³/mol. The SMILES string of the molecule is CSc1nnc(N)n1Cc1ccccc1. The molecule has 0 fully saturated rings. The van der Waals surface area contributed by atoms with Gasteiger partial charge in [0.1, 0.15) is 0 Å². The van der Waals surface area contributed by atoms with E-state index >= 15 is 0 Å². The molecule has 0 aliphatic carbocycles. The van der Waals surface area contributed by atoms with Crippen molar-refractivity contribution in [3.63, 3.8) is 0 Å². The van der Waals surface area contributed by atoms with Crippen LogP contribution in [0.3, 0.4) is 0 Å². The Morgan fingerprint density at radius 1 is 1.27 bits per heavy atom. The number of aromatic nitrogens is 3. The first-order valence-corrected chi connectivity index (χ1v) is 5.80. The third-order valence-corrected chi connectivity index (χ3v) is 2.78. The van der Waals surface area contributed by atoms with Gasteiger partial charge in [-0.2, -0.15) is 0 Å². The van der Waals surface area contributed by atoms with Crippen LogP contribution in [-0.4, -0.2) is 21.0 Å². The van der Waals surface area contributed by atoms with Crippen molar-refractivity contribution < 1.29 is 0 Å². The average Bonchev–Trinajstić information content (AvgIpc) is 2.62. The lowest BCUT2D eigenvalue weighted by molar-refractivity contribution is 0.718. The Hall–Kier alpha value is -1.49. The second-order valence-corrected chi connectivity index (χ2v) is 3.89. The van der Waals surface area contributed by atoms with Crippen LogP contribution in [0.25, 0.3) is 0 Å². The zero-order valence-electron chi connectivity index (χ0n) is 8.42. The lowest BCUT2D eigenvalue weighted by Gasteiger charge is -2.06. The highest BCUT2D eigenvalue weighted by Crippen LogP contribution is 2.16. The van der Waals surface area contributed by atoms with Gasteiger partial charge in [0.25, 0.3) is 0 Å². The molecule has 1 aromatic heterocycles. The van der Waals surface area contributed by atoms with E-state index in [9.17, 15) is 0 Å². The lowest BCUT2D eigenvalue weighted by Crippen LogP contribution is -2.05. The molecule has 0 atom stereocenters. The minimum atomic E-state index is 0.461. The van der Waals surface area contributed by atoms with E-state index in [2.05, 4.69) is 22.3 Å². The summed E-state index contributed by atoms with van der Waals surface area (Å²) in [7, 11) is 0. The summed E-state index contributed by atoms with van der Waals surface area (Å²) in [6.45, 7) is 0.718. The first-order valence-electron chi connectivity index (χ1n) is 4.58. The van der Waals surface area contributed by atoms with Crippen molar-refractivity contribution >= 4 is 17.7 Å². The minimum absolute atomic E-state index is 0.461. The zero-order chi connectivity index (χ0) is 10.7. The number of hydrogen-bond donors (Lipinski definition) is 1. The molecular weight excluding hydrogens is 208 g/mol. The molecule has 0 saturated heterocycles. The standard InChI is InChI=1S/C10H12N4S/c1-15-10-13-12-9(11)14(10)7-8-5-3-2-4-6-8/h2-6H,7H2,1H3,(H2,11,12). The maximum Gasteiger partial charge on any atom is 0.222 e. The fourth-order valence-corrected chi connectivity index (χ4v) is 1.87. The Balaban J connectivity index is 2.27. The third kappa shape index (κ3) is 2.12. The number of benzene rings is 1. The molecule has 0 spiro atoms. The first kappa shape index (κ1) is 10.0. The summed E-state index contributed by atoms with van der Waals surface area (Å²) >= 11 is 1.54. The molecule has 2 rings (SSSR count). The van der Waals surface area contributed by atoms with Gasteiger partial charge in [0, 0.05) is 0 Å². The maximum atomic E-state index is 5.74. The maximum absolute atomic E-state index is 5.74. The number of hydrogen-bond acceptors (Lipinski definition) is 4. The van der Waals surface area contributed by atoms with Crippen molar-refractivity contribution in [1.82, 2.24) is 14.8 Å². The second-order valence-electron chi connectivity index (χ2n) is 3.12. The molecule has 2 aromatic rings. The minimum Gasteiger partial charge on any atom is -0.368 e. The van der Waals surface area contributed by atoms with Crippen LogP contribution < -0.4 is 5.73 Å². The summed E-state index contributed by atoms with van der Waals surface area (Å²) in [5, 5.41) is 8.68. The quantitative estimate of drug-likeness (QED) is 0.799. The van der Waals surface area contributed by atoms with E-state index in [0.717, 1.165) is 11.7 Å². The summed E-state index contributed by atoms with van der Waals surface area (Å²) in [6.07, 6.45) is 1.96. The molecular formula is C10H12N4S. The summed E-state index contributed by atoms with van der Waals surface area (Å²) < 4.78 is 1.90. The number of anilines is 1. The smallest absolute Gasteiger partial charge is 0.222 e. The molecule has 1 heterocycles. The predicted octanol–water partition coefficient (Wildman–Crippen LogP) is 1.63. The highest BCUT2D eigenvalue weighted by molar-refractivity contribution is 7.98. The summed E-state index contributed by atoms with van der Waals surface area (Å²) in [5.41, 5.74) is 6.93. The third-order valence-electron chi connectivity index (χ3n) is 2.11. The van der Waals surface area contributed by atoms with Crippen LogP contribution in [0.4, 0.5) is 5.95 Å². The van der Waals surface area contributed by atoms with E-state index in [1.165, 1.54) is 5.56 Å². The largest absolute Gasteiger partial charge is 0.368 e. The molecule has 0 aliphatic rings. The van der Waals surface area contributed by atoms with Gasteiger partial charge >= 0.3 is 0 Å². The van der Waals surface area contributed by atoms with Gasteiger partial charge in [0.15, 0.2) is 5.16 Å². The molecule has 0 unspecified atom stereocenters. The van der Waals surface area contributed by atoms with Crippen LogP contribution in [0.1, 0.15) is 5.56 Å². The van der Waals surface area contributed by atoms with Crippen molar-refractivity contribution in [2.45, 2.75) is 11.7 Å². The number of nitrogen functional groups attached to an aromatic ring is 1. The fraction of sp³-hybridized carbons (Fsp3) is 0.200. The molecule has 4 nitrogen and oxygen atoms in total. The molecule has 1 aromatic carbocycles. The molecule has 5 heteroatoms. The molecule has 78 valence electrons. The van der Waals surface area contributed by atoms with Crippen molar-refractivity contribution in [1.29, 1.82) is 0 Å². The highest BCUT2D eigenvalue weighted by Gasteiger charge is 2.07. The van der Waals surface area contributed by atoms with E-state index < -0.39 is 0 Å². The monoisotopic (exact) mass is 220 g/mol. The van der Waals surface area contributed by atoms with E-state index in [0.29, 0.717) is 5.95 Å². The van der Waals surface area contributed by atoms with E-state index in [-0.39, 0.29) is 0 Å². The van der Waals surface area contributed by atoms with E-state index in [1.54, 1.807) is 11.8 Å². The molecule has 0 saturated carbocycles. The number of thioether (sulfide) groups is 1. The van der Waals surface area contributed by atoms with Gasteiger partial charge < -0.3 is 5.73 Å². The molecule has 0 bridgehead atoms. The van der Waals surface area contributed by atoms with Crippen LogP contribution in [0.2, 0.25) is 0 Å². The van der Waals surface area contributed by atoms with Gasteiger partial charge in [-0.05, 0) is 11.8 Å². The number of rotatable bonds is 3. The Bertz CT molecular complexity index is 438. The average molecular weight is 220 g/mol. The second kappa shape index (κ2) is 4.35. The van der Waals surface area contributed by atoms with E-state index in [4.69, 9.17) is 5.73 Å². The Morgan fingerprint density at radius 2 is 2.00 bits per heavy atom. The normalized spacial score (nSPS) is 10.5. The van der Waals surface area contributed by atoms with Gasteiger partial charge in [-0.1, -0.05) is 42.1 Å². The summed E-state index contributed by atoms with van der Waals surface area (Å²) in [6, 6.07) is 10.1. The molecule has 2 N–H and O–H groups in total. The van der Waals surface area contributed by atoms with Gasteiger partial charge in [-0.15, -0.1) is 10.2 Å². The number of nitrogens with two attached hydrogens (primary N) is 1. The Morgan fingerprint density at radius 3 is 2.67 bits per heavy atom. The number of nitrogens with zero attached hydrogens (tertiary/aromatic N) is 3. The highest BCUT2D eigenvalue weighted by atomic mass is 32.2. The summed E-state index contributed by atoms with van der Waals surface area (Å²) in [4.78, 5) is 0. The van der Waals surface area contributed by atoms with Crippen molar-refractivity contribution in [3.05, 3.63) is 35.9 Å².